The number of esters is 1. The third-order valence-corrected chi connectivity index (χ3v) is 6.13. The van der Waals surface area contributed by atoms with Crippen molar-refractivity contribution in [2.24, 2.45) is 28.6 Å². The molecule has 0 aliphatic heterocycles. The van der Waals surface area contributed by atoms with E-state index in [1.807, 2.05) is 13.0 Å². The van der Waals surface area contributed by atoms with Gasteiger partial charge in [0.1, 0.15) is 6.10 Å². The lowest BCUT2D eigenvalue weighted by atomic mass is 9.75. The molecule has 1 N–H and O–H groups in total. The Morgan fingerprint density at radius 3 is 2.43 bits per heavy atom. The summed E-state index contributed by atoms with van der Waals surface area (Å²) in [6, 6.07) is 0. The van der Waals surface area contributed by atoms with Crippen molar-refractivity contribution in [3.63, 3.8) is 0 Å². The van der Waals surface area contributed by atoms with Crippen LogP contribution in [0.25, 0.3) is 0 Å². The van der Waals surface area contributed by atoms with E-state index in [1.165, 1.54) is 6.42 Å². The van der Waals surface area contributed by atoms with Gasteiger partial charge in [0.2, 0.25) is 0 Å². The zero-order chi connectivity index (χ0) is 17.4. The summed E-state index contributed by atoms with van der Waals surface area (Å²) in [5.41, 5.74) is 0.237. The van der Waals surface area contributed by atoms with Gasteiger partial charge in [-0.05, 0) is 49.4 Å². The molecule has 3 heteroatoms. The van der Waals surface area contributed by atoms with Gasteiger partial charge in [-0.1, -0.05) is 52.7 Å². The molecule has 0 aromatic heterocycles. The van der Waals surface area contributed by atoms with Gasteiger partial charge in [0, 0.05) is 0 Å². The summed E-state index contributed by atoms with van der Waals surface area (Å²) in [6.45, 7) is 12.8. The van der Waals surface area contributed by atoms with Crippen molar-refractivity contribution >= 4 is 5.97 Å². The largest absolute Gasteiger partial charge is 0.461 e. The van der Waals surface area contributed by atoms with Gasteiger partial charge in [-0.15, -0.1) is 0 Å². The van der Waals surface area contributed by atoms with Crippen molar-refractivity contribution in [2.45, 2.75) is 73.3 Å². The first-order valence-corrected chi connectivity index (χ1v) is 9.13. The molecule has 4 unspecified atom stereocenters. The monoisotopic (exact) mass is 322 g/mol. The third kappa shape index (κ3) is 3.65. The van der Waals surface area contributed by atoms with Crippen molar-refractivity contribution in [1.29, 1.82) is 0 Å². The lowest BCUT2D eigenvalue weighted by Gasteiger charge is -2.37. The summed E-state index contributed by atoms with van der Waals surface area (Å²) >= 11 is 0. The number of hydrogen-bond acceptors (Lipinski definition) is 3. The second kappa shape index (κ2) is 6.58. The topological polar surface area (TPSA) is 46.5 Å². The molecule has 23 heavy (non-hydrogen) atoms. The fourth-order valence-electron chi connectivity index (χ4n) is 4.27. The lowest BCUT2D eigenvalue weighted by molar-refractivity contribution is -0.162. The highest BCUT2D eigenvalue weighted by molar-refractivity contribution is 5.84. The van der Waals surface area contributed by atoms with Crippen LogP contribution in [0.4, 0.5) is 0 Å². The molecule has 0 bridgehead atoms. The standard InChI is InChI=1S/C20H34O3/c1-13(2)16-8-7-14(3)9-17(16)23-18(22)20(10-15(4)11-21)12-19(20,5)6/h10,13-14,16-17,21H,7-9,11-12H2,1-6H3. The Labute approximate surface area is 141 Å². The molecule has 0 aromatic rings. The fraction of sp³-hybridized carbons (Fsp3) is 0.850. The first-order valence-electron chi connectivity index (χ1n) is 9.13. The average molecular weight is 322 g/mol. The van der Waals surface area contributed by atoms with Crippen LogP contribution in [-0.4, -0.2) is 23.8 Å². The molecular formula is C20H34O3. The Morgan fingerprint density at radius 2 is 1.96 bits per heavy atom. The van der Waals surface area contributed by atoms with Gasteiger partial charge in [-0.25, -0.2) is 0 Å². The first-order chi connectivity index (χ1) is 10.6. The average Bonchev–Trinajstić information content (AvgIpc) is 3.00. The summed E-state index contributed by atoms with van der Waals surface area (Å²) in [5.74, 6) is 1.55. The molecule has 2 aliphatic rings. The van der Waals surface area contributed by atoms with Crippen LogP contribution in [0.15, 0.2) is 11.6 Å². The van der Waals surface area contributed by atoms with Crippen molar-refractivity contribution in [2.75, 3.05) is 6.61 Å². The van der Waals surface area contributed by atoms with Crippen LogP contribution < -0.4 is 0 Å². The number of ether oxygens (including phenoxy) is 1. The van der Waals surface area contributed by atoms with Gasteiger partial charge < -0.3 is 9.84 Å². The summed E-state index contributed by atoms with van der Waals surface area (Å²) in [4.78, 5) is 13.0. The fourth-order valence-corrected chi connectivity index (χ4v) is 4.27. The maximum Gasteiger partial charge on any atom is 0.316 e. The molecule has 2 aliphatic carbocycles. The Kier molecular flexibility index (Phi) is 5.30. The van der Waals surface area contributed by atoms with E-state index >= 15 is 0 Å². The molecule has 2 fully saturated rings. The normalized spacial score (nSPS) is 36.9. The molecule has 0 aromatic carbocycles. The molecule has 2 rings (SSSR count). The molecular weight excluding hydrogens is 288 g/mol. The van der Waals surface area contributed by atoms with E-state index in [9.17, 15) is 9.90 Å². The highest BCUT2D eigenvalue weighted by atomic mass is 16.5. The Bertz CT molecular complexity index is 477. The summed E-state index contributed by atoms with van der Waals surface area (Å²) in [5, 5.41) is 9.33. The number of aliphatic hydroxyl groups is 1. The highest BCUT2D eigenvalue weighted by Crippen LogP contribution is 2.65. The van der Waals surface area contributed by atoms with Crippen molar-refractivity contribution < 1.29 is 14.6 Å². The van der Waals surface area contributed by atoms with Crippen molar-refractivity contribution in [1.82, 2.24) is 0 Å². The van der Waals surface area contributed by atoms with Crippen LogP contribution in [0.5, 0.6) is 0 Å². The van der Waals surface area contributed by atoms with Crippen LogP contribution in [0.3, 0.4) is 0 Å². The van der Waals surface area contributed by atoms with E-state index < -0.39 is 5.41 Å². The predicted octanol–water partition coefficient (Wildman–Crippen LogP) is 4.35. The molecule has 0 saturated heterocycles. The maximum absolute atomic E-state index is 13.0. The van der Waals surface area contributed by atoms with E-state index in [2.05, 4.69) is 34.6 Å². The number of aliphatic hydroxyl groups excluding tert-OH is 1. The van der Waals surface area contributed by atoms with Gasteiger partial charge in [0.25, 0.3) is 0 Å². The predicted molar refractivity (Wildman–Crippen MR) is 92.9 cm³/mol. The van der Waals surface area contributed by atoms with Gasteiger partial charge in [-0.2, -0.15) is 0 Å². The van der Waals surface area contributed by atoms with Gasteiger partial charge in [0.15, 0.2) is 0 Å². The van der Waals surface area contributed by atoms with Crippen LogP contribution >= 0.6 is 0 Å². The molecule has 0 spiro atoms. The Balaban J connectivity index is 2.15. The van der Waals surface area contributed by atoms with Crippen LogP contribution in [0.2, 0.25) is 0 Å². The number of carbonyl (C=O) groups excluding carboxylic acids is 1. The van der Waals surface area contributed by atoms with E-state index in [-0.39, 0.29) is 24.1 Å². The van der Waals surface area contributed by atoms with Crippen molar-refractivity contribution in [3.8, 4) is 0 Å². The summed E-state index contributed by atoms with van der Waals surface area (Å²) < 4.78 is 6.08. The van der Waals surface area contributed by atoms with E-state index in [0.29, 0.717) is 17.8 Å². The molecule has 2 saturated carbocycles. The summed E-state index contributed by atoms with van der Waals surface area (Å²) in [6.07, 6.45) is 6.17. The number of hydrogen-bond donors (Lipinski definition) is 1. The zero-order valence-electron chi connectivity index (χ0n) is 15.7. The van der Waals surface area contributed by atoms with Crippen LogP contribution in [0.1, 0.15) is 67.2 Å². The summed E-state index contributed by atoms with van der Waals surface area (Å²) in [7, 11) is 0. The molecule has 3 nitrogen and oxygen atoms in total. The minimum absolute atomic E-state index is 0.000190. The third-order valence-electron chi connectivity index (χ3n) is 6.13. The molecule has 0 radical (unpaired) electrons. The SMILES string of the molecule is CC(=CC1(C(=O)OC2CC(C)CCC2C(C)C)CC1(C)C)CO. The Morgan fingerprint density at radius 1 is 1.35 bits per heavy atom. The Hall–Kier alpha value is -0.830. The van der Waals surface area contributed by atoms with E-state index in [4.69, 9.17) is 4.74 Å². The van der Waals surface area contributed by atoms with E-state index in [0.717, 1.165) is 24.8 Å². The first kappa shape index (κ1) is 18.5. The second-order valence-corrected chi connectivity index (χ2v) is 8.95. The van der Waals surface area contributed by atoms with Gasteiger partial charge in [-0.3, -0.25) is 4.79 Å². The van der Waals surface area contributed by atoms with Crippen LogP contribution in [-0.2, 0) is 9.53 Å². The molecule has 4 atom stereocenters. The smallest absolute Gasteiger partial charge is 0.316 e. The number of rotatable bonds is 5. The molecule has 132 valence electrons. The van der Waals surface area contributed by atoms with Gasteiger partial charge >= 0.3 is 5.97 Å². The zero-order valence-corrected chi connectivity index (χ0v) is 15.7. The minimum Gasteiger partial charge on any atom is -0.461 e. The minimum atomic E-state index is -0.540. The van der Waals surface area contributed by atoms with Crippen molar-refractivity contribution in [3.05, 3.63) is 11.6 Å². The van der Waals surface area contributed by atoms with Gasteiger partial charge in [0.05, 0.1) is 12.0 Å². The highest BCUT2D eigenvalue weighted by Gasteiger charge is 2.66. The van der Waals surface area contributed by atoms with E-state index in [1.54, 1.807) is 0 Å². The lowest BCUT2D eigenvalue weighted by Crippen LogP contribution is -2.38. The molecule has 0 heterocycles. The quantitative estimate of drug-likeness (QED) is 0.605. The second-order valence-electron chi connectivity index (χ2n) is 8.95. The molecule has 0 amide bonds. The van der Waals surface area contributed by atoms with Crippen LogP contribution in [0, 0.1) is 28.6 Å². The maximum atomic E-state index is 13.0. The number of carbonyl (C=O) groups is 1.